The highest BCUT2D eigenvalue weighted by Crippen LogP contribution is 2.18. The minimum atomic E-state index is -4.15. The molecule has 0 atom stereocenters. The van der Waals surface area contributed by atoms with Crippen molar-refractivity contribution in [1.29, 1.82) is 0 Å². The monoisotopic (exact) mass is 316 g/mol. The van der Waals surface area contributed by atoms with Gasteiger partial charge in [0.05, 0.1) is 12.1 Å². The van der Waals surface area contributed by atoms with Crippen LogP contribution in [0.4, 0.5) is 13.2 Å². The van der Waals surface area contributed by atoms with E-state index in [-0.39, 0.29) is 5.56 Å². The normalized spacial score (nSPS) is 18.1. The second-order valence-corrected chi connectivity index (χ2v) is 5.52. The lowest BCUT2D eigenvalue weighted by Crippen LogP contribution is -2.37. The van der Waals surface area contributed by atoms with Crippen LogP contribution in [0.25, 0.3) is 0 Å². The topological polar surface area (TPSA) is 43.8 Å². The number of hydrogen-bond donors (Lipinski definition) is 1. The lowest BCUT2D eigenvalue weighted by atomic mass is 10.1. The fraction of sp³-hybridized carbons (Fsp3) is 0.533. The van der Waals surface area contributed by atoms with E-state index in [1.807, 2.05) is 0 Å². The lowest BCUT2D eigenvalue weighted by molar-refractivity contribution is -0.145. The molecule has 1 heterocycles. The first-order valence-electron chi connectivity index (χ1n) is 7.17. The van der Waals surface area contributed by atoms with Gasteiger partial charge >= 0.3 is 12.1 Å². The summed E-state index contributed by atoms with van der Waals surface area (Å²) in [4.78, 5) is 14.3. The fourth-order valence-electron chi connectivity index (χ4n) is 2.61. The van der Waals surface area contributed by atoms with Gasteiger partial charge < -0.3 is 5.11 Å². The lowest BCUT2D eigenvalue weighted by Gasteiger charge is -2.22. The summed E-state index contributed by atoms with van der Waals surface area (Å²) in [6.45, 7) is 1.94. The van der Waals surface area contributed by atoms with Gasteiger partial charge in [0.1, 0.15) is 0 Å². The van der Waals surface area contributed by atoms with Crippen LogP contribution < -0.4 is 0 Å². The molecule has 1 N–H and O–H groups in total. The summed E-state index contributed by atoms with van der Waals surface area (Å²) in [7, 11) is 0. The molecule has 0 aliphatic carbocycles. The Kier molecular flexibility index (Phi) is 5.42. The number of rotatable bonds is 4. The molecule has 1 aliphatic heterocycles. The van der Waals surface area contributed by atoms with E-state index in [1.165, 1.54) is 4.90 Å². The first-order valence-corrected chi connectivity index (χ1v) is 7.17. The predicted octanol–water partition coefficient (Wildman–Crippen LogP) is 2.45. The quantitative estimate of drug-likeness (QED) is 0.927. The first-order chi connectivity index (χ1) is 10.3. The number of aromatic carboxylic acids is 1. The molecule has 1 aromatic rings. The Morgan fingerprint density at radius 2 is 1.64 bits per heavy atom. The van der Waals surface area contributed by atoms with Gasteiger partial charge in [0.25, 0.3) is 0 Å². The average Bonchev–Trinajstić information content (AvgIpc) is 2.63. The predicted molar refractivity (Wildman–Crippen MR) is 75.8 cm³/mol. The van der Waals surface area contributed by atoms with Crippen molar-refractivity contribution in [2.75, 3.05) is 32.7 Å². The van der Waals surface area contributed by atoms with Crippen molar-refractivity contribution >= 4 is 5.97 Å². The summed E-state index contributed by atoms with van der Waals surface area (Å²) < 4.78 is 37.2. The SMILES string of the molecule is O=C(O)c1ccc(CN2CCCN(CC(F)(F)F)CC2)cc1. The number of carboxylic acid groups (broad SMARTS) is 1. The van der Waals surface area contributed by atoms with Gasteiger partial charge in [0.15, 0.2) is 0 Å². The summed E-state index contributed by atoms with van der Waals surface area (Å²) in [6, 6.07) is 6.60. The van der Waals surface area contributed by atoms with Gasteiger partial charge in [-0.25, -0.2) is 4.79 Å². The largest absolute Gasteiger partial charge is 0.478 e. The van der Waals surface area contributed by atoms with Crippen molar-refractivity contribution < 1.29 is 23.1 Å². The van der Waals surface area contributed by atoms with Crippen LogP contribution in [-0.2, 0) is 6.54 Å². The van der Waals surface area contributed by atoms with Crippen LogP contribution in [-0.4, -0.2) is 59.8 Å². The zero-order valence-corrected chi connectivity index (χ0v) is 12.1. The third kappa shape index (κ3) is 5.31. The fourth-order valence-corrected chi connectivity index (χ4v) is 2.61. The maximum atomic E-state index is 12.4. The van der Waals surface area contributed by atoms with Crippen LogP contribution in [0.1, 0.15) is 22.3 Å². The number of carboxylic acids is 1. The van der Waals surface area contributed by atoms with E-state index in [9.17, 15) is 18.0 Å². The molecule has 1 aliphatic rings. The Morgan fingerprint density at radius 1 is 1.05 bits per heavy atom. The third-order valence-electron chi connectivity index (χ3n) is 3.69. The zero-order valence-electron chi connectivity index (χ0n) is 12.1. The zero-order chi connectivity index (χ0) is 16.2. The maximum Gasteiger partial charge on any atom is 0.401 e. The van der Waals surface area contributed by atoms with E-state index >= 15 is 0 Å². The van der Waals surface area contributed by atoms with Gasteiger partial charge in [-0.1, -0.05) is 12.1 Å². The molecule has 4 nitrogen and oxygen atoms in total. The Balaban J connectivity index is 1.87. The molecule has 22 heavy (non-hydrogen) atoms. The van der Waals surface area contributed by atoms with Crippen molar-refractivity contribution in [3.63, 3.8) is 0 Å². The van der Waals surface area contributed by atoms with Crippen LogP contribution in [0.2, 0.25) is 0 Å². The van der Waals surface area contributed by atoms with E-state index in [1.54, 1.807) is 24.3 Å². The Morgan fingerprint density at radius 3 is 2.23 bits per heavy atom. The Labute approximate surface area is 127 Å². The highest BCUT2D eigenvalue weighted by atomic mass is 19.4. The van der Waals surface area contributed by atoms with E-state index < -0.39 is 18.7 Å². The van der Waals surface area contributed by atoms with Gasteiger partial charge in [-0.15, -0.1) is 0 Å². The van der Waals surface area contributed by atoms with E-state index in [0.29, 0.717) is 32.6 Å². The van der Waals surface area contributed by atoms with Gasteiger partial charge in [-0.3, -0.25) is 9.80 Å². The second kappa shape index (κ2) is 7.11. The molecule has 7 heteroatoms. The second-order valence-electron chi connectivity index (χ2n) is 5.52. The van der Waals surface area contributed by atoms with Crippen LogP contribution in [0.5, 0.6) is 0 Å². The molecular formula is C15H19F3N2O2. The standard InChI is InChI=1S/C15H19F3N2O2/c16-15(17,18)11-20-7-1-6-19(8-9-20)10-12-2-4-13(5-3-12)14(21)22/h2-5H,1,6-11H2,(H,21,22). The molecule has 0 aromatic heterocycles. The van der Waals surface area contributed by atoms with Crippen LogP contribution in [0.3, 0.4) is 0 Å². The smallest absolute Gasteiger partial charge is 0.401 e. The summed E-state index contributed by atoms with van der Waals surface area (Å²) >= 11 is 0. The van der Waals surface area contributed by atoms with E-state index in [2.05, 4.69) is 4.90 Å². The van der Waals surface area contributed by atoms with Crippen molar-refractivity contribution in [3.8, 4) is 0 Å². The number of benzene rings is 1. The minimum absolute atomic E-state index is 0.232. The molecule has 1 saturated heterocycles. The Bertz CT molecular complexity index is 503. The van der Waals surface area contributed by atoms with Crippen molar-refractivity contribution in [2.24, 2.45) is 0 Å². The summed E-state index contributed by atoms with van der Waals surface area (Å²) in [6.07, 6.45) is -3.45. The molecule has 122 valence electrons. The van der Waals surface area contributed by atoms with Gasteiger partial charge in [0.2, 0.25) is 0 Å². The van der Waals surface area contributed by atoms with Gasteiger partial charge in [-0.2, -0.15) is 13.2 Å². The molecule has 0 amide bonds. The number of carbonyl (C=O) groups is 1. The van der Waals surface area contributed by atoms with Gasteiger partial charge in [-0.05, 0) is 37.2 Å². The summed E-state index contributed by atoms with van der Waals surface area (Å²) in [5.74, 6) is -0.968. The first kappa shape index (κ1) is 16.8. The summed E-state index contributed by atoms with van der Waals surface area (Å²) in [5, 5.41) is 8.85. The van der Waals surface area contributed by atoms with Crippen LogP contribution in [0, 0.1) is 0 Å². The van der Waals surface area contributed by atoms with E-state index in [0.717, 1.165) is 12.1 Å². The molecule has 0 unspecified atom stereocenters. The van der Waals surface area contributed by atoms with Crippen molar-refractivity contribution in [1.82, 2.24) is 9.80 Å². The van der Waals surface area contributed by atoms with Crippen molar-refractivity contribution in [3.05, 3.63) is 35.4 Å². The van der Waals surface area contributed by atoms with Crippen LogP contribution in [0.15, 0.2) is 24.3 Å². The number of halogens is 3. The highest BCUT2D eigenvalue weighted by Gasteiger charge is 2.31. The summed E-state index contributed by atoms with van der Waals surface area (Å²) in [5.41, 5.74) is 1.20. The number of nitrogens with zero attached hydrogens (tertiary/aromatic N) is 2. The molecule has 1 aromatic carbocycles. The molecule has 1 fully saturated rings. The Hall–Kier alpha value is -1.60. The molecule has 2 rings (SSSR count). The van der Waals surface area contributed by atoms with Crippen LogP contribution >= 0.6 is 0 Å². The third-order valence-corrected chi connectivity index (χ3v) is 3.69. The molecule has 0 saturated carbocycles. The number of hydrogen-bond acceptors (Lipinski definition) is 3. The minimum Gasteiger partial charge on any atom is -0.478 e. The maximum absolute atomic E-state index is 12.4. The average molecular weight is 316 g/mol. The van der Waals surface area contributed by atoms with Gasteiger partial charge in [0, 0.05) is 19.6 Å². The molecule has 0 radical (unpaired) electrons. The molecule has 0 spiro atoms. The number of alkyl halides is 3. The van der Waals surface area contributed by atoms with Crippen molar-refractivity contribution in [2.45, 2.75) is 19.1 Å². The van der Waals surface area contributed by atoms with E-state index in [4.69, 9.17) is 5.11 Å². The molecular weight excluding hydrogens is 297 g/mol. The highest BCUT2D eigenvalue weighted by molar-refractivity contribution is 5.87. The molecule has 0 bridgehead atoms.